The lowest BCUT2D eigenvalue weighted by molar-refractivity contribution is 0.449. The van der Waals surface area contributed by atoms with Crippen molar-refractivity contribution < 1.29 is 9.13 Å². The van der Waals surface area contributed by atoms with Gasteiger partial charge in [0, 0.05) is 18.1 Å². The van der Waals surface area contributed by atoms with Crippen molar-refractivity contribution in [2.45, 2.75) is 19.8 Å². The molecule has 2 aromatic rings. The maximum Gasteiger partial charge on any atom is 0.224 e. The molecule has 0 saturated carbocycles. The molecule has 0 radical (unpaired) electrons. The second-order valence-corrected chi connectivity index (χ2v) is 5.99. The van der Waals surface area contributed by atoms with Gasteiger partial charge in [-0.3, -0.25) is 0 Å². The molecule has 0 amide bonds. The highest BCUT2D eigenvalue weighted by Crippen LogP contribution is 2.33. The Hall–Kier alpha value is -0.910. The van der Waals surface area contributed by atoms with Crippen LogP contribution in [0.25, 0.3) is 0 Å². The molecule has 0 spiro atoms. The van der Waals surface area contributed by atoms with Crippen LogP contribution in [0.5, 0.6) is 11.6 Å². The van der Waals surface area contributed by atoms with Gasteiger partial charge in [-0.25, -0.2) is 9.37 Å². The lowest BCUT2D eigenvalue weighted by Crippen LogP contribution is -2.00. The zero-order chi connectivity index (χ0) is 14.9. The molecule has 2 rings (SSSR count). The zero-order valence-corrected chi connectivity index (χ0v) is 13.7. The summed E-state index contributed by atoms with van der Waals surface area (Å²) in [6.07, 6.45) is 0. The number of nitrogens with zero attached hydrogens (tertiary/aromatic N) is 2. The van der Waals surface area contributed by atoms with Gasteiger partial charge in [-0.15, -0.1) is 0 Å². The predicted octanol–water partition coefficient (Wildman–Crippen LogP) is 5.60. The van der Waals surface area contributed by atoms with Crippen molar-refractivity contribution in [2.75, 3.05) is 0 Å². The van der Waals surface area contributed by atoms with Crippen molar-refractivity contribution in [1.82, 2.24) is 9.97 Å². The van der Waals surface area contributed by atoms with Crippen molar-refractivity contribution in [1.29, 1.82) is 0 Å². The highest BCUT2D eigenvalue weighted by atomic mass is 79.9. The average molecular weight is 380 g/mol. The molecule has 0 saturated heterocycles. The van der Waals surface area contributed by atoms with Crippen LogP contribution >= 0.6 is 39.1 Å². The summed E-state index contributed by atoms with van der Waals surface area (Å²) >= 11 is 14.8. The van der Waals surface area contributed by atoms with Gasteiger partial charge in [0.1, 0.15) is 22.5 Å². The largest absolute Gasteiger partial charge is 0.438 e. The molecule has 0 fully saturated rings. The number of halogens is 4. The number of hydrogen-bond acceptors (Lipinski definition) is 3. The van der Waals surface area contributed by atoms with Crippen molar-refractivity contribution in [3.05, 3.63) is 44.5 Å². The molecule has 106 valence electrons. The van der Waals surface area contributed by atoms with Crippen LogP contribution in [0, 0.1) is 5.82 Å². The van der Waals surface area contributed by atoms with Gasteiger partial charge in [-0.05, 0) is 22.0 Å². The van der Waals surface area contributed by atoms with Crippen molar-refractivity contribution >= 4 is 39.1 Å². The van der Waals surface area contributed by atoms with E-state index in [9.17, 15) is 4.39 Å². The minimum Gasteiger partial charge on any atom is -0.438 e. The van der Waals surface area contributed by atoms with Gasteiger partial charge >= 0.3 is 0 Å². The zero-order valence-electron chi connectivity index (χ0n) is 10.6. The Bertz CT molecular complexity index is 653. The number of rotatable bonds is 3. The van der Waals surface area contributed by atoms with E-state index in [0.717, 1.165) is 0 Å². The van der Waals surface area contributed by atoms with E-state index in [1.54, 1.807) is 0 Å². The van der Waals surface area contributed by atoms with E-state index in [-0.39, 0.29) is 27.7 Å². The minimum atomic E-state index is -0.575. The van der Waals surface area contributed by atoms with E-state index in [2.05, 4.69) is 25.9 Å². The number of aromatic nitrogens is 2. The smallest absolute Gasteiger partial charge is 0.224 e. The number of hydrogen-bond donors (Lipinski definition) is 0. The first kappa shape index (κ1) is 15.5. The molecule has 3 nitrogen and oxygen atoms in total. The Balaban J connectivity index is 2.37. The second-order valence-electron chi connectivity index (χ2n) is 4.34. The molecular formula is C13H10BrCl2FN2O. The molecule has 7 heteroatoms. The van der Waals surface area contributed by atoms with Gasteiger partial charge in [-0.2, -0.15) is 4.98 Å². The van der Waals surface area contributed by atoms with Gasteiger partial charge in [0.2, 0.25) is 5.88 Å². The summed E-state index contributed by atoms with van der Waals surface area (Å²) in [4.78, 5) is 8.32. The molecule has 0 aliphatic carbocycles. The van der Waals surface area contributed by atoms with E-state index >= 15 is 0 Å². The van der Waals surface area contributed by atoms with E-state index in [1.807, 2.05) is 13.8 Å². The molecule has 0 bridgehead atoms. The van der Waals surface area contributed by atoms with Crippen LogP contribution in [0.1, 0.15) is 25.6 Å². The molecule has 1 aromatic carbocycles. The van der Waals surface area contributed by atoms with Crippen molar-refractivity contribution in [3.8, 4) is 11.6 Å². The SMILES string of the molecule is CC(C)c1nc(Cl)cc(Oc2cc(F)c(Cl)cc2Br)n1. The molecule has 0 aliphatic heterocycles. The Morgan fingerprint density at radius 1 is 1.20 bits per heavy atom. The summed E-state index contributed by atoms with van der Waals surface area (Å²) in [7, 11) is 0. The minimum absolute atomic E-state index is 0.00724. The topological polar surface area (TPSA) is 35.0 Å². The lowest BCUT2D eigenvalue weighted by Gasteiger charge is -2.10. The summed E-state index contributed by atoms with van der Waals surface area (Å²) in [5.41, 5.74) is 0. The van der Waals surface area contributed by atoms with E-state index in [0.29, 0.717) is 10.3 Å². The fraction of sp³-hybridized carbons (Fsp3) is 0.231. The van der Waals surface area contributed by atoms with Crippen LogP contribution in [-0.4, -0.2) is 9.97 Å². The van der Waals surface area contributed by atoms with Crippen LogP contribution in [0.2, 0.25) is 10.2 Å². The van der Waals surface area contributed by atoms with Gasteiger partial charge in [0.15, 0.2) is 0 Å². The molecule has 0 N–H and O–H groups in total. The average Bonchev–Trinajstić information content (AvgIpc) is 2.35. The van der Waals surface area contributed by atoms with Crippen LogP contribution < -0.4 is 4.74 Å². The second kappa shape index (κ2) is 6.24. The Morgan fingerprint density at radius 2 is 1.90 bits per heavy atom. The summed E-state index contributed by atoms with van der Waals surface area (Å²) in [6.45, 7) is 3.88. The van der Waals surface area contributed by atoms with Crippen LogP contribution in [0.3, 0.4) is 0 Å². The summed E-state index contributed by atoms with van der Waals surface area (Å²) in [6, 6.07) is 4.06. The first-order valence-electron chi connectivity index (χ1n) is 5.73. The third-order valence-corrected chi connectivity index (χ3v) is 3.50. The van der Waals surface area contributed by atoms with E-state index in [1.165, 1.54) is 18.2 Å². The molecule has 20 heavy (non-hydrogen) atoms. The van der Waals surface area contributed by atoms with Gasteiger partial charge in [0.05, 0.1) is 9.50 Å². The summed E-state index contributed by atoms with van der Waals surface area (Å²) in [5, 5.41) is 0.275. The maximum atomic E-state index is 13.5. The monoisotopic (exact) mass is 378 g/mol. The highest BCUT2D eigenvalue weighted by molar-refractivity contribution is 9.10. The van der Waals surface area contributed by atoms with Crippen molar-refractivity contribution in [2.24, 2.45) is 0 Å². The van der Waals surface area contributed by atoms with Gasteiger partial charge in [-0.1, -0.05) is 37.0 Å². The molecule has 0 atom stereocenters. The Kier molecular flexibility index (Phi) is 4.83. The molecular weight excluding hydrogens is 370 g/mol. The Labute approximate surface area is 134 Å². The standard InChI is InChI=1S/C13H10BrCl2FN2O/c1-6(2)13-18-11(16)5-12(19-13)20-10-4-9(17)8(15)3-7(10)14/h3-6H,1-2H3. The summed E-state index contributed by atoms with van der Waals surface area (Å²) in [5.74, 6) is 0.584. The fourth-order valence-electron chi connectivity index (χ4n) is 1.42. The van der Waals surface area contributed by atoms with Crippen molar-refractivity contribution in [3.63, 3.8) is 0 Å². The molecule has 0 aliphatic rings. The van der Waals surface area contributed by atoms with E-state index < -0.39 is 5.82 Å². The molecule has 1 heterocycles. The number of benzene rings is 1. The van der Waals surface area contributed by atoms with E-state index in [4.69, 9.17) is 27.9 Å². The van der Waals surface area contributed by atoms with Gasteiger partial charge in [0.25, 0.3) is 0 Å². The van der Waals surface area contributed by atoms with Gasteiger partial charge < -0.3 is 4.74 Å². The molecule has 1 aromatic heterocycles. The normalized spacial score (nSPS) is 10.9. The third-order valence-electron chi connectivity index (χ3n) is 2.39. The highest BCUT2D eigenvalue weighted by Gasteiger charge is 2.12. The first-order valence-corrected chi connectivity index (χ1v) is 7.28. The van der Waals surface area contributed by atoms with Crippen LogP contribution in [-0.2, 0) is 0 Å². The summed E-state index contributed by atoms with van der Waals surface area (Å²) < 4.78 is 19.5. The quantitative estimate of drug-likeness (QED) is 0.514. The predicted molar refractivity (Wildman–Crippen MR) is 80.3 cm³/mol. The maximum absolute atomic E-state index is 13.5. The lowest BCUT2D eigenvalue weighted by atomic mass is 10.2. The fourth-order valence-corrected chi connectivity index (χ4v) is 2.32. The third kappa shape index (κ3) is 3.59. The Morgan fingerprint density at radius 3 is 2.55 bits per heavy atom. The van der Waals surface area contributed by atoms with Crippen LogP contribution in [0.4, 0.5) is 4.39 Å². The molecule has 0 unspecified atom stereocenters. The van der Waals surface area contributed by atoms with Crippen LogP contribution in [0.15, 0.2) is 22.7 Å². The number of ether oxygens (including phenoxy) is 1. The first-order chi connectivity index (χ1) is 9.36.